The van der Waals surface area contributed by atoms with Gasteiger partial charge in [-0.15, -0.1) is 11.3 Å². The molecule has 0 spiro atoms. The Bertz CT molecular complexity index is 782. The Hall–Kier alpha value is -2.15. The number of anilines is 1. The molecule has 7 heteroatoms. The maximum atomic E-state index is 13.4. The Balaban J connectivity index is 1.46. The largest absolute Gasteiger partial charge is 0.507 e. The van der Waals surface area contributed by atoms with Gasteiger partial charge in [0, 0.05) is 24.0 Å². The number of piperidine rings is 1. The number of nitrogens with zero attached hydrogens (tertiary/aromatic N) is 2. The number of benzene rings is 1. The minimum absolute atomic E-state index is 0.0138. The van der Waals surface area contributed by atoms with E-state index in [1.54, 1.807) is 0 Å². The Kier molecular flexibility index (Phi) is 3.68. The Morgan fingerprint density at radius 2 is 2.21 bits per heavy atom. The van der Waals surface area contributed by atoms with E-state index in [4.69, 9.17) is 4.74 Å². The number of halogens is 1. The summed E-state index contributed by atoms with van der Waals surface area (Å²) in [5.74, 6) is 0.249. The fourth-order valence-corrected chi connectivity index (χ4v) is 4.36. The van der Waals surface area contributed by atoms with Gasteiger partial charge in [-0.05, 0) is 37.0 Å². The van der Waals surface area contributed by atoms with Gasteiger partial charge in [-0.1, -0.05) is 0 Å². The van der Waals surface area contributed by atoms with Crippen molar-refractivity contribution in [2.45, 2.75) is 6.92 Å². The summed E-state index contributed by atoms with van der Waals surface area (Å²) in [5.41, 5.74) is 0.959. The minimum atomic E-state index is -0.406. The van der Waals surface area contributed by atoms with Crippen molar-refractivity contribution >= 4 is 22.4 Å². The zero-order chi connectivity index (χ0) is 16.8. The van der Waals surface area contributed by atoms with Crippen LogP contribution in [0.25, 0.3) is 11.3 Å². The smallest absolute Gasteiger partial charge is 0.309 e. The maximum Gasteiger partial charge on any atom is 0.309 e. The third-order valence-electron chi connectivity index (χ3n) is 4.75. The van der Waals surface area contributed by atoms with Crippen LogP contribution in [0.4, 0.5) is 9.52 Å². The Labute approximate surface area is 142 Å². The number of carbonyl (C=O) groups excluding carboxylic acids is 1. The first kappa shape index (κ1) is 15.4. The van der Waals surface area contributed by atoms with Crippen LogP contribution >= 0.6 is 11.3 Å². The molecule has 2 fully saturated rings. The highest BCUT2D eigenvalue weighted by Crippen LogP contribution is 2.53. The molecular formula is C17H17FN2O3S. The van der Waals surface area contributed by atoms with Crippen molar-refractivity contribution in [1.82, 2.24) is 4.98 Å². The predicted molar refractivity (Wildman–Crippen MR) is 88.5 cm³/mol. The predicted octanol–water partition coefficient (Wildman–Crippen LogP) is 2.90. The third-order valence-corrected chi connectivity index (χ3v) is 5.65. The van der Waals surface area contributed by atoms with Gasteiger partial charge in [0.25, 0.3) is 0 Å². The summed E-state index contributed by atoms with van der Waals surface area (Å²) in [6.07, 6.45) is 0. The van der Waals surface area contributed by atoms with Crippen LogP contribution < -0.4 is 4.90 Å². The first-order chi connectivity index (χ1) is 11.6. The molecule has 0 bridgehead atoms. The lowest BCUT2D eigenvalue weighted by Gasteiger charge is -2.18. The average molecular weight is 348 g/mol. The molecule has 126 valence electrons. The molecule has 5 nitrogen and oxygen atoms in total. The average Bonchev–Trinajstić information content (AvgIpc) is 2.95. The number of phenols is 1. The molecule has 1 N–H and O–H groups in total. The van der Waals surface area contributed by atoms with Crippen LogP contribution in [0.15, 0.2) is 23.6 Å². The summed E-state index contributed by atoms with van der Waals surface area (Å²) in [6, 6.07) is 3.83. The van der Waals surface area contributed by atoms with Gasteiger partial charge in [0.1, 0.15) is 11.6 Å². The molecule has 2 unspecified atom stereocenters. The molecule has 2 aromatic rings. The summed E-state index contributed by atoms with van der Waals surface area (Å²) < 4.78 is 18.5. The molecule has 1 aromatic carbocycles. The second kappa shape index (κ2) is 5.73. The van der Waals surface area contributed by atoms with Crippen molar-refractivity contribution in [3.05, 3.63) is 29.4 Å². The van der Waals surface area contributed by atoms with Gasteiger partial charge >= 0.3 is 5.97 Å². The molecule has 1 saturated heterocycles. The zero-order valence-electron chi connectivity index (χ0n) is 13.1. The molecule has 2 aliphatic rings. The molecule has 2 heterocycles. The van der Waals surface area contributed by atoms with E-state index in [2.05, 4.69) is 9.88 Å². The Morgan fingerprint density at radius 3 is 2.92 bits per heavy atom. The number of hydrogen-bond acceptors (Lipinski definition) is 6. The number of esters is 1. The molecule has 1 aromatic heterocycles. The van der Waals surface area contributed by atoms with Crippen LogP contribution in [0.1, 0.15) is 6.92 Å². The fraction of sp³-hybridized carbons (Fsp3) is 0.412. The number of ether oxygens (including phenoxy) is 1. The van der Waals surface area contributed by atoms with Gasteiger partial charge in [0.2, 0.25) is 0 Å². The van der Waals surface area contributed by atoms with Gasteiger partial charge in [-0.3, -0.25) is 4.79 Å². The second-order valence-electron chi connectivity index (χ2n) is 6.19. The summed E-state index contributed by atoms with van der Waals surface area (Å²) in [7, 11) is 0. The number of aromatic hydroxyl groups is 1. The van der Waals surface area contributed by atoms with Crippen molar-refractivity contribution in [2.75, 3.05) is 24.6 Å². The van der Waals surface area contributed by atoms with Crippen LogP contribution in [0.2, 0.25) is 0 Å². The SMILES string of the molecule is CCOC(=O)C1C2CN(c3nc(-c4cc(F)ccc4O)cs3)CC21. The summed E-state index contributed by atoms with van der Waals surface area (Å²) >= 11 is 1.46. The van der Waals surface area contributed by atoms with E-state index in [9.17, 15) is 14.3 Å². The summed E-state index contributed by atoms with van der Waals surface area (Å²) in [5, 5.41) is 12.5. The van der Waals surface area contributed by atoms with Crippen LogP contribution in [-0.2, 0) is 9.53 Å². The van der Waals surface area contributed by atoms with Gasteiger partial charge in [-0.2, -0.15) is 0 Å². The number of aromatic nitrogens is 1. The number of thiazole rings is 1. The van der Waals surface area contributed by atoms with Crippen LogP contribution in [0, 0.1) is 23.6 Å². The lowest BCUT2D eigenvalue weighted by molar-refractivity contribution is -0.145. The zero-order valence-corrected chi connectivity index (χ0v) is 13.9. The minimum Gasteiger partial charge on any atom is -0.507 e. The van der Waals surface area contributed by atoms with E-state index in [1.165, 1.54) is 29.5 Å². The molecule has 2 atom stereocenters. The van der Waals surface area contributed by atoms with Crippen molar-refractivity contribution in [3.8, 4) is 17.0 Å². The van der Waals surface area contributed by atoms with Crippen molar-refractivity contribution in [3.63, 3.8) is 0 Å². The number of rotatable bonds is 4. The van der Waals surface area contributed by atoms with Crippen LogP contribution in [0.3, 0.4) is 0 Å². The quantitative estimate of drug-likeness (QED) is 0.861. The standard InChI is InChI=1S/C17H17FN2O3S/c1-2-23-16(22)15-11-6-20(7-12(11)15)17-19-13(8-24-17)10-5-9(18)3-4-14(10)21/h3-5,8,11-12,15,21H,2,6-7H2,1H3. The first-order valence-electron chi connectivity index (χ1n) is 7.94. The normalized spacial score (nSPS) is 24.8. The van der Waals surface area contributed by atoms with Gasteiger partial charge in [0.15, 0.2) is 5.13 Å². The molecule has 24 heavy (non-hydrogen) atoms. The highest BCUT2D eigenvalue weighted by molar-refractivity contribution is 7.14. The van der Waals surface area contributed by atoms with E-state index >= 15 is 0 Å². The van der Waals surface area contributed by atoms with Crippen molar-refractivity contribution in [2.24, 2.45) is 17.8 Å². The third kappa shape index (κ3) is 2.53. The molecule has 4 rings (SSSR count). The van der Waals surface area contributed by atoms with E-state index < -0.39 is 5.82 Å². The number of carbonyl (C=O) groups is 1. The van der Waals surface area contributed by atoms with E-state index in [-0.39, 0.29) is 17.6 Å². The van der Waals surface area contributed by atoms with Crippen molar-refractivity contribution in [1.29, 1.82) is 0 Å². The van der Waals surface area contributed by atoms with E-state index in [1.807, 2.05) is 12.3 Å². The van der Waals surface area contributed by atoms with Gasteiger partial charge in [-0.25, -0.2) is 9.37 Å². The molecule has 1 aliphatic carbocycles. The van der Waals surface area contributed by atoms with Crippen LogP contribution in [-0.4, -0.2) is 35.8 Å². The molecular weight excluding hydrogens is 331 g/mol. The monoisotopic (exact) mass is 348 g/mol. The molecule has 0 amide bonds. The van der Waals surface area contributed by atoms with E-state index in [0.717, 1.165) is 18.2 Å². The lowest BCUT2D eigenvalue weighted by atomic mass is 10.1. The van der Waals surface area contributed by atoms with E-state index in [0.29, 0.717) is 29.7 Å². The number of phenolic OH excluding ortho intramolecular Hbond substituents is 1. The fourth-order valence-electron chi connectivity index (χ4n) is 3.52. The Morgan fingerprint density at radius 1 is 1.46 bits per heavy atom. The lowest BCUT2D eigenvalue weighted by Crippen LogP contribution is -2.26. The second-order valence-corrected chi connectivity index (χ2v) is 7.02. The summed E-state index contributed by atoms with van der Waals surface area (Å²) in [4.78, 5) is 18.5. The maximum absolute atomic E-state index is 13.4. The number of fused-ring (bicyclic) bond motifs is 1. The first-order valence-corrected chi connectivity index (χ1v) is 8.82. The van der Waals surface area contributed by atoms with Crippen molar-refractivity contribution < 1.29 is 19.0 Å². The number of hydrogen-bond donors (Lipinski definition) is 1. The molecule has 0 radical (unpaired) electrons. The van der Waals surface area contributed by atoms with Crippen LogP contribution in [0.5, 0.6) is 5.75 Å². The molecule has 1 aliphatic heterocycles. The van der Waals surface area contributed by atoms with Gasteiger partial charge in [0.05, 0.1) is 18.2 Å². The highest BCUT2D eigenvalue weighted by atomic mass is 32.1. The van der Waals surface area contributed by atoms with Gasteiger partial charge < -0.3 is 14.7 Å². The highest BCUT2D eigenvalue weighted by Gasteiger charge is 2.60. The topological polar surface area (TPSA) is 62.7 Å². The summed E-state index contributed by atoms with van der Waals surface area (Å²) in [6.45, 7) is 3.82. The molecule has 1 saturated carbocycles.